The second-order valence-electron chi connectivity index (χ2n) is 2.51. The molecule has 0 aromatic carbocycles. The van der Waals surface area contributed by atoms with Crippen LogP contribution in [-0.4, -0.2) is 16.6 Å². The van der Waals surface area contributed by atoms with Crippen molar-refractivity contribution in [1.29, 1.82) is 0 Å². The fourth-order valence-corrected chi connectivity index (χ4v) is 1.02. The molecule has 3 N–H and O–H groups in total. The first-order valence-electron chi connectivity index (χ1n) is 3.73. The van der Waals surface area contributed by atoms with E-state index >= 15 is 0 Å². The summed E-state index contributed by atoms with van der Waals surface area (Å²) in [5.74, 6) is 0. The molecule has 4 heteroatoms. The van der Waals surface area contributed by atoms with Crippen molar-refractivity contribution in [2.45, 2.75) is 12.5 Å². The number of aromatic nitrogens is 1. The summed E-state index contributed by atoms with van der Waals surface area (Å²) in [5, 5.41) is 9.88. The Balaban J connectivity index is 2.68. The van der Waals surface area contributed by atoms with E-state index in [4.69, 9.17) is 17.3 Å². The SMILES string of the molecule is NCC[C@H](O)c1ccc(Cl)nc1. The van der Waals surface area contributed by atoms with Crippen LogP contribution < -0.4 is 5.73 Å². The van der Waals surface area contributed by atoms with Crippen LogP contribution in [0.4, 0.5) is 0 Å². The predicted molar refractivity (Wildman–Crippen MR) is 47.9 cm³/mol. The van der Waals surface area contributed by atoms with Gasteiger partial charge in [0.25, 0.3) is 0 Å². The highest BCUT2D eigenvalue weighted by Crippen LogP contribution is 2.15. The first-order chi connectivity index (χ1) is 5.74. The lowest BCUT2D eigenvalue weighted by atomic mass is 10.1. The maximum Gasteiger partial charge on any atom is 0.129 e. The molecule has 0 aliphatic heterocycles. The van der Waals surface area contributed by atoms with Gasteiger partial charge in [0, 0.05) is 6.20 Å². The van der Waals surface area contributed by atoms with E-state index in [1.165, 1.54) is 0 Å². The third kappa shape index (κ3) is 2.44. The average molecular weight is 187 g/mol. The Kier molecular flexibility index (Phi) is 3.47. The summed E-state index contributed by atoms with van der Waals surface area (Å²) in [5.41, 5.74) is 6.04. The van der Waals surface area contributed by atoms with Gasteiger partial charge < -0.3 is 10.8 Å². The molecule has 0 saturated carbocycles. The van der Waals surface area contributed by atoms with E-state index in [-0.39, 0.29) is 0 Å². The number of pyridine rings is 1. The minimum atomic E-state index is -0.528. The number of hydrogen-bond acceptors (Lipinski definition) is 3. The number of rotatable bonds is 3. The largest absolute Gasteiger partial charge is 0.388 e. The zero-order valence-electron chi connectivity index (χ0n) is 6.57. The van der Waals surface area contributed by atoms with E-state index < -0.39 is 6.10 Å². The van der Waals surface area contributed by atoms with Crippen LogP contribution in [0, 0.1) is 0 Å². The molecule has 0 amide bonds. The van der Waals surface area contributed by atoms with Gasteiger partial charge in [-0.1, -0.05) is 17.7 Å². The van der Waals surface area contributed by atoms with Crippen LogP contribution in [0.3, 0.4) is 0 Å². The van der Waals surface area contributed by atoms with Crippen molar-refractivity contribution >= 4 is 11.6 Å². The van der Waals surface area contributed by atoms with E-state index in [0.29, 0.717) is 18.1 Å². The van der Waals surface area contributed by atoms with Crippen LogP contribution in [0.2, 0.25) is 5.15 Å². The summed E-state index contributed by atoms with van der Waals surface area (Å²) in [7, 11) is 0. The topological polar surface area (TPSA) is 59.1 Å². The summed E-state index contributed by atoms with van der Waals surface area (Å²) in [6.45, 7) is 0.462. The number of aliphatic hydroxyl groups excluding tert-OH is 1. The van der Waals surface area contributed by atoms with Crippen molar-refractivity contribution in [3.63, 3.8) is 0 Å². The van der Waals surface area contributed by atoms with Gasteiger partial charge in [0.1, 0.15) is 5.15 Å². The Bertz CT molecular complexity index is 237. The Hall–Kier alpha value is -0.640. The molecule has 0 bridgehead atoms. The van der Waals surface area contributed by atoms with E-state index in [1.807, 2.05) is 0 Å². The van der Waals surface area contributed by atoms with Gasteiger partial charge in [0.2, 0.25) is 0 Å². The fourth-order valence-electron chi connectivity index (χ4n) is 0.909. The molecule has 0 unspecified atom stereocenters. The van der Waals surface area contributed by atoms with Crippen molar-refractivity contribution < 1.29 is 5.11 Å². The average Bonchev–Trinajstić information content (AvgIpc) is 2.06. The molecule has 0 fully saturated rings. The fraction of sp³-hybridized carbons (Fsp3) is 0.375. The van der Waals surface area contributed by atoms with Gasteiger partial charge >= 0.3 is 0 Å². The molecule has 66 valence electrons. The molecule has 0 aliphatic rings. The second kappa shape index (κ2) is 4.40. The maximum atomic E-state index is 9.45. The maximum absolute atomic E-state index is 9.45. The zero-order valence-corrected chi connectivity index (χ0v) is 7.33. The minimum Gasteiger partial charge on any atom is -0.388 e. The highest BCUT2D eigenvalue weighted by molar-refractivity contribution is 6.29. The summed E-state index contributed by atoms with van der Waals surface area (Å²) in [6.07, 6.45) is 1.58. The number of halogens is 1. The van der Waals surface area contributed by atoms with Gasteiger partial charge in [-0.05, 0) is 24.6 Å². The lowest BCUT2D eigenvalue weighted by molar-refractivity contribution is 0.170. The molecule has 1 atom stereocenters. The van der Waals surface area contributed by atoms with E-state index in [9.17, 15) is 5.11 Å². The minimum absolute atomic E-state index is 0.429. The predicted octanol–water partition coefficient (Wildman–Crippen LogP) is 1.12. The van der Waals surface area contributed by atoms with Crippen LogP contribution in [-0.2, 0) is 0 Å². The Labute approximate surface area is 76.2 Å². The van der Waals surface area contributed by atoms with Gasteiger partial charge in [-0.2, -0.15) is 0 Å². The van der Waals surface area contributed by atoms with Crippen LogP contribution in [0.1, 0.15) is 18.1 Å². The van der Waals surface area contributed by atoms with Crippen LogP contribution in [0.25, 0.3) is 0 Å². The molecule has 12 heavy (non-hydrogen) atoms. The third-order valence-corrected chi connectivity index (χ3v) is 1.80. The van der Waals surface area contributed by atoms with E-state index in [1.54, 1.807) is 18.3 Å². The van der Waals surface area contributed by atoms with Crippen molar-refractivity contribution in [2.75, 3.05) is 6.54 Å². The van der Waals surface area contributed by atoms with Crippen molar-refractivity contribution in [3.05, 3.63) is 29.0 Å². The Morgan fingerprint density at radius 3 is 2.83 bits per heavy atom. The third-order valence-electron chi connectivity index (χ3n) is 1.58. The van der Waals surface area contributed by atoms with E-state index in [2.05, 4.69) is 4.98 Å². The first kappa shape index (κ1) is 9.45. The van der Waals surface area contributed by atoms with Gasteiger partial charge in [0.15, 0.2) is 0 Å². The molecule has 1 aromatic heterocycles. The summed E-state index contributed by atoms with van der Waals surface area (Å²) >= 11 is 5.58. The van der Waals surface area contributed by atoms with Crippen molar-refractivity contribution in [1.82, 2.24) is 4.98 Å². The van der Waals surface area contributed by atoms with Gasteiger partial charge in [-0.25, -0.2) is 4.98 Å². The molecule has 0 spiro atoms. The molecule has 0 radical (unpaired) electrons. The zero-order chi connectivity index (χ0) is 8.97. The molecular formula is C8H11ClN2O. The standard InChI is InChI=1S/C8H11ClN2O/c9-8-2-1-6(5-11-8)7(12)3-4-10/h1-2,5,7,12H,3-4,10H2/t7-/m0/s1. The normalized spacial score (nSPS) is 12.9. The molecule has 0 aliphatic carbocycles. The highest BCUT2D eigenvalue weighted by Gasteiger charge is 2.05. The van der Waals surface area contributed by atoms with Gasteiger partial charge in [0.05, 0.1) is 6.10 Å². The van der Waals surface area contributed by atoms with Crippen molar-refractivity contribution in [2.24, 2.45) is 5.73 Å². The molecule has 0 saturated heterocycles. The smallest absolute Gasteiger partial charge is 0.129 e. The summed E-state index contributed by atoms with van der Waals surface area (Å²) < 4.78 is 0. The Morgan fingerprint density at radius 1 is 1.58 bits per heavy atom. The first-order valence-corrected chi connectivity index (χ1v) is 4.11. The number of nitrogens with zero attached hydrogens (tertiary/aromatic N) is 1. The van der Waals surface area contributed by atoms with Gasteiger partial charge in [-0.3, -0.25) is 0 Å². The van der Waals surface area contributed by atoms with Crippen LogP contribution in [0.15, 0.2) is 18.3 Å². The highest BCUT2D eigenvalue weighted by atomic mass is 35.5. The van der Waals surface area contributed by atoms with E-state index in [0.717, 1.165) is 5.56 Å². The number of aliphatic hydroxyl groups is 1. The molecule has 1 rings (SSSR count). The van der Waals surface area contributed by atoms with Gasteiger partial charge in [-0.15, -0.1) is 0 Å². The molecular weight excluding hydrogens is 176 g/mol. The van der Waals surface area contributed by atoms with Crippen LogP contribution in [0.5, 0.6) is 0 Å². The monoisotopic (exact) mass is 186 g/mol. The molecule has 1 aromatic rings. The Morgan fingerprint density at radius 2 is 2.33 bits per heavy atom. The quantitative estimate of drug-likeness (QED) is 0.696. The lowest BCUT2D eigenvalue weighted by Crippen LogP contribution is -2.06. The number of nitrogens with two attached hydrogens (primary N) is 1. The summed E-state index contributed by atoms with van der Waals surface area (Å²) in [6, 6.07) is 3.40. The van der Waals surface area contributed by atoms with Crippen molar-refractivity contribution in [3.8, 4) is 0 Å². The second-order valence-corrected chi connectivity index (χ2v) is 2.89. The lowest BCUT2D eigenvalue weighted by Gasteiger charge is -2.07. The van der Waals surface area contributed by atoms with Crippen LogP contribution >= 0.6 is 11.6 Å². The number of hydrogen-bond donors (Lipinski definition) is 2. The molecule has 1 heterocycles. The molecule has 3 nitrogen and oxygen atoms in total. The summed E-state index contributed by atoms with van der Waals surface area (Å²) in [4.78, 5) is 3.85.